The van der Waals surface area contributed by atoms with E-state index in [2.05, 4.69) is 15.9 Å². The number of para-hydroxylation sites is 1. The van der Waals surface area contributed by atoms with Crippen molar-refractivity contribution in [2.45, 2.75) is 12.5 Å². The third-order valence-electron chi connectivity index (χ3n) is 2.93. The zero-order valence-electron chi connectivity index (χ0n) is 10.4. The minimum Gasteiger partial charge on any atom is -0.496 e. The van der Waals surface area contributed by atoms with E-state index in [1.165, 1.54) is 0 Å². The summed E-state index contributed by atoms with van der Waals surface area (Å²) in [6.45, 7) is 0. The van der Waals surface area contributed by atoms with Crippen LogP contribution in [0.4, 0.5) is 0 Å². The molecule has 2 aromatic rings. The lowest BCUT2D eigenvalue weighted by molar-refractivity contribution is 0.174. The van der Waals surface area contributed by atoms with Crippen molar-refractivity contribution in [3.05, 3.63) is 63.1 Å². The van der Waals surface area contributed by atoms with Crippen molar-refractivity contribution in [2.24, 2.45) is 0 Å². The molecule has 4 heteroatoms. The van der Waals surface area contributed by atoms with Gasteiger partial charge < -0.3 is 9.84 Å². The monoisotopic (exact) mass is 340 g/mol. The van der Waals surface area contributed by atoms with Gasteiger partial charge in [0.15, 0.2) is 0 Å². The van der Waals surface area contributed by atoms with E-state index in [1.54, 1.807) is 7.11 Å². The van der Waals surface area contributed by atoms with Crippen LogP contribution in [0.15, 0.2) is 46.9 Å². The Hall–Kier alpha value is -1.03. The molecule has 2 aromatic carbocycles. The van der Waals surface area contributed by atoms with Crippen molar-refractivity contribution < 1.29 is 9.84 Å². The number of rotatable bonds is 4. The predicted octanol–water partition coefficient (Wildman–Crippen LogP) is 4.39. The van der Waals surface area contributed by atoms with Gasteiger partial charge in [0.2, 0.25) is 0 Å². The number of methoxy groups -OCH3 is 1. The summed E-state index contributed by atoms with van der Waals surface area (Å²) < 4.78 is 6.18. The van der Waals surface area contributed by atoms with Crippen molar-refractivity contribution in [1.82, 2.24) is 0 Å². The Bertz CT molecular complexity index is 572. The first kappa shape index (κ1) is 14.4. The van der Waals surface area contributed by atoms with Gasteiger partial charge in [-0.15, -0.1) is 0 Å². The number of halogens is 2. The number of aliphatic hydroxyl groups excluding tert-OH is 1. The zero-order valence-corrected chi connectivity index (χ0v) is 12.8. The Labute approximate surface area is 126 Å². The van der Waals surface area contributed by atoms with Crippen LogP contribution in [0.1, 0.15) is 17.2 Å². The smallest absolute Gasteiger partial charge is 0.124 e. The molecule has 100 valence electrons. The fourth-order valence-corrected chi connectivity index (χ4v) is 2.70. The molecule has 0 aliphatic carbocycles. The molecule has 0 heterocycles. The van der Waals surface area contributed by atoms with Crippen molar-refractivity contribution in [2.75, 3.05) is 7.11 Å². The van der Waals surface area contributed by atoms with Gasteiger partial charge in [0.1, 0.15) is 5.75 Å². The van der Waals surface area contributed by atoms with Crippen molar-refractivity contribution in [3.63, 3.8) is 0 Å². The van der Waals surface area contributed by atoms with Gasteiger partial charge in [0, 0.05) is 21.5 Å². The first-order valence-corrected chi connectivity index (χ1v) is 7.04. The van der Waals surface area contributed by atoms with E-state index in [9.17, 15) is 5.11 Å². The lowest BCUT2D eigenvalue weighted by Gasteiger charge is -2.15. The molecule has 0 amide bonds. The second-order valence-electron chi connectivity index (χ2n) is 4.20. The molecular weight excluding hydrogens is 328 g/mol. The van der Waals surface area contributed by atoms with Gasteiger partial charge in [0.25, 0.3) is 0 Å². The first-order chi connectivity index (χ1) is 9.11. The van der Waals surface area contributed by atoms with Gasteiger partial charge in [-0.3, -0.25) is 0 Å². The van der Waals surface area contributed by atoms with Crippen molar-refractivity contribution >= 4 is 27.5 Å². The first-order valence-electron chi connectivity index (χ1n) is 5.86. The molecule has 2 rings (SSSR count). The minimum absolute atomic E-state index is 0.451. The highest BCUT2D eigenvalue weighted by Gasteiger charge is 2.14. The Morgan fingerprint density at radius 2 is 2.00 bits per heavy atom. The van der Waals surface area contributed by atoms with E-state index in [4.69, 9.17) is 16.3 Å². The van der Waals surface area contributed by atoms with Crippen LogP contribution < -0.4 is 4.74 Å². The van der Waals surface area contributed by atoms with E-state index in [0.717, 1.165) is 15.6 Å². The average Bonchev–Trinajstić information content (AvgIpc) is 2.41. The van der Waals surface area contributed by atoms with Gasteiger partial charge >= 0.3 is 0 Å². The maximum atomic E-state index is 10.3. The van der Waals surface area contributed by atoms with Gasteiger partial charge in [-0.2, -0.15) is 0 Å². The van der Waals surface area contributed by atoms with Crippen LogP contribution >= 0.6 is 27.5 Å². The molecule has 1 N–H and O–H groups in total. The predicted molar refractivity (Wildman–Crippen MR) is 80.8 cm³/mol. The van der Waals surface area contributed by atoms with Crippen molar-refractivity contribution in [3.8, 4) is 5.75 Å². The van der Waals surface area contributed by atoms with Crippen LogP contribution in [-0.2, 0) is 6.42 Å². The number of benzene rings is 2. The van der Waals surface area contributed by atoms with E-state index in [1.807, 2.05) is 42.5 Å². The number of hydrogen-bond donors (Lipinski definition) is 1. The lowest BCUT2D eigenvalue weighted by atomic mass is 10.0. The molecule has 19 heavy (non-hydrogen) atoms. The fraction of sp³-hybridized carbons (Fsp3) is 0.200. The molecule has 0 aliphatic rings. The molecule has 0 fully saturated rings. The van der Waals surface area contributed by atoms with Crippen LogP contribution in [0.25, 0.3) is 0 Å². The maximum absolute atomic E-state index is 10.3. The molecule has 0 saturated heterocycles. The van der Waals surface area contributed by atoms with Gasteiger partial charge in [0.05, 0.1) is 13.2 Å². The summed E-state index contributed by atoms with van der Waals surface area (Å²) in [5.74, 6) is 0.684. The van der Waals surface area contributed by atoms with Gasteiger partial charge in [-0.05, 0) is 23.8 Å². The molecule has 0 bridgehead atoms. The summed E-state index contributed by atoms with van der Waals surface area (Å²) >= 11 is 9.53. The summed E-state index contributed by atoms with van der Waals surface area (Å²) in [5, 5.41) is 11.0. The Morgan fingerprint density at radius 3 is 2.68 bits per heavy atom. The largest absolute Gasteiger partial charge is 0.496 e. The molecule has 0 aliphatic heterocycles. The molecule has 2 nitrogen and oxygen atoms in total. The third-order valence-corrected chi connectivity index (χ3v) is 3.77. The minimum atomic E-state index is -0.644. The molecule has 0 spiro atoms. The maximum Gasteiger partial charge on any atom is 0.124 e. The molecular formula is C15H14BrClO2. The topological polar surface area (TPSA) is 29.5 Å². The van der Waals surface area contributed by atoms with Crippen LogP contribution in [0.3, 0.4) is 0 Å². The summed E-state index contributed by atoms with van der Waals surface area (Å²) in [6, 6.07) is 13.1. The average molecular weight is 342 g/mol. The fourth-order valence-electron chi connectivity index (χ4n) is 1.95. The van der Waals surface area contributed by atoms with E-state index in [-0.39, 0.29) is 0 Å². The molecule has 0 radical (unpaired) electrons. The molecule has 0 saturated carbocycles. The number of hydrogen-bond acceptors (Lipinski definition) is 2. The lowest BCUT2D eigenvalue weighted by Crippen LogP contribution is -2.04. The Morgan fingerprint density at radius 1 is 1.26 bits per heavy atom. The molecule has 1 unspecified atom stereocenters. The highest BCUT2D eigenvalue weighted by molar-refractivity contribution is 9.10. The number of ether oxygens (including phenoxy) is 1. The summed E-state index contributed by atoms with van der Waals surface area (Å²) in [7, 11) is 1.60. The highest BCUT2D eigenvalue weighted by atomic mass is 79.9. The van der Waals surface area contributed by atoms with E-state index in [0.29, 0.717) is 17.2 Å². The second kappa shape index (κ2) is 6.42. The molecule has 0 aromatic heterocycles. The summed E-state index contributed by atoms with van der Waals surface area (Å²) in [4.78, 5) is 0. The van der Waals surface area contributed by atoms with Crippen molar-refractivity contribution in [1.29, 1.82) is 0 Å². The summed E-state index contributed by atoms with van der Waals surface area (Å²) in [5.41, 5.74) is 1.67. The third kappa shape index (κ3) is 3.50. The van der Waals surface area contributed by atoms with Crippen LogP contribution in [0, 0.1) is 0 Å². The van der Waals surface area contributed by atoms with E-state index < -0.39 is 6.10 Å². The van der Waals surface area contributed by atoms with Gasteiger partial charge in [-0.1, -0.05) is 51.8 Å². The van der Waals surface area contributed by atoms with Gasteiger partial charge in [-0.25, -0.2) is 0 Å². The number of aliphatic hydroxyl groups is 1. The van der Waals surface area contributed by atoms with Crippen LogP contribution in [-0.4, -0.2) is 12.2 Å². The SMILES string of the molecule is COc1ccccc1C(O)Cc1ccc(Br)cc1Cl. The summed E-state index contributed by atoms with van der Waals surface area (Å²) in [6.07, 6.45) is -0.193. The Kier molecular flexibility index (Phi) is 4.86. The normalized spacial score (nSPS) is 12.2. The standard InChI is InChI=1S/C15H14BrClO2/c1-19-15-5-3-2-4-12(15)14(18)8-10-6-7-11(16)9-13(10)17/h2-7,9,14,18H,8H2,1H3. The zero-order chi connectivity index (χ0) is 13.8. The highest BCUT2D eigenvalue weighted by Crippen LogP contribution is 2.30. The van der Waals surface area contributed by atoms with E-state index >= 15 is 0 Å². The quantitative estimate of drug-likeness (QED) is 0.894. The Balaban J connectivity index is 2.23. The van der Waals surface area contributed by atoms with Crippen LogP contribution in [0.2, 0.25) is 5.02 Å². The van der Waals surface area contributed by atoms with Crippen LogP contribution in [0.5, 0.6) is 5.75 Å². The molecule has 1 atom stereocenters. The second-order valence-corrected chi connectivity index (χ2v) is 5.52.